The molecule has 0 unspecified atom stereocenters. The van der Waals surface area contributed by atoms with Crippen LogP contribution in [-0.2, 0) is 15.0 Å². The number of carbonyl (C=O) groups excluding carboxylic acids is 2. The van der Waals surface area contributed by atoms with Crippen molar-refractivity contribution in [3.05, 3.63) is 29.8 Å². The van der Waals surface area contributed by atoms with E-state index >= 15 is 0 Å². The molecule has 0 aromatic heterocycles. The number of fused-ring (bicyclic) bond motifs is 2. The summed E-state index contributed by atoms with van der Waals surface area (Å²) in [7, 11) is 0. The number of amides is 2. The number of hydrogen-bond donors (Lipinski definition) is 1. The molecule has 3 fully saturated rings. The average molecular weight is 244 g/mol. The number of hydrogen-bond acceptors (Lipinski definition) is 3. The third-order valence-electron chi connectivity index (χ3n) is 4.24. The van der Waals surface area contributed by atoms with Gasteiger partial charge in [-0.05, 0) is 37.5 Å². The summed E-state index contributed by atoms with van der Waals surface area (Å²) in [5.41, 5.74) is 6.88. The molecule has 2 N–H and O–H groups in total. The van der Waals surface area contributed by atoms with Crippen molar-refractivity contribution in [3.63, 3.8) is 0 Å². The van der Waals surface area contributed by atoms with Crippen LogP contribution >= 0.6 is 0 Å². The zero-order valence-electron chi connectivity index (χ0n) is 10.3. The quantitative estimate of drug-likeness (QED) is 0.630. The normalized spacial score (nSPS) is 30.3. The van der Waals surface area contributed by atoms with Crippen LogP contribution in [-0.4, -0.2) is 23.3 Å². The minimum absolute atomic E-state index is 0.000167. The Hall–Kier alpha value is -1.84. The van der Waals surface area contributed by atoms with Crippen LogP contribution in [0.2, 0.25) is 0 Å². The average Bonchev–Trinajstić information content (AvgIpc) is 2.30. The molecule has 2 saturated heterocycles. The van der Waals surface area contributed by atoms with Crippen LogP contribution in [0.1, 0.15) is 25.3 Å². The van der Waals surface area contributed by atoms with Gasteiger partial charge in [0, 0.05) is 18.2 Å². The Morgan fingerprint density at radius 2 is 1.89 bits per heavy atom. The van der Waals surface area contributed by atoms with Gasteiger partial charge in [0.05, 0.1) is 5.41 Å². The summed E-state index contributed by atoms with van der Waals surface area (Å²) >= 11 is 0. The molecule has 1 aromatic carbocycles. The van der Waals surface area contributed by atoms with Crippen LogP contribution < -0.4 is 5.73 Å². The lowest BCUT2D eigenvalue weighted by Gasteiger charge is -2.53. The molecule has 2 amide bonds. The van der Waals surface area contributed by atoms with Gasteiger partial charge < -0.3 is 5.73 Å². The van der Waals surface area contributed by atoms with E-state index in [1.807, 2.05) is 31.2 Å². The van der Waals surface area contributed by atoms with Gasteiger partial charge in [-0.2, -0.15) is 0 Å². The SMILES string of the molecule is CCN1C(=O)C2CC(c3ccc(N)cc3)(C2)C1=O. The molecule has 0 spiro atoms. The molecule has 4 rings (SSSR count). The fraction of sp³-hybridized carbons (Fsp3) is 0.429. The van der Waals surface area contributed by atoms with Gasteiger partial charge in [-0.15, -0.1) is 0 Å². The Bertz CT molecular complexity index is 515. The van der Waals surface area contributed by atoms with Crippen LogP contribution in [0.15, 0.2) is 24.3 Å². The summed E-state index contributed by atoms with van der Waals surface area (Å²) in [6.45, 7) is 2.31. The monoisotopic (exact) mass is 244 g/mol. The molecule has 4 heteroatoms. The van der Waals surface area contributed by atoms with E-state index in [0.717, 1.165) is 5.56 Å². The first-order valence-electron chi connectivity index (χ1n) is 6.30. The first-order valence-corrected chi connectivity index (χ1v) is 6.30. The van der Waals surface area contributed by atoms with Crippen LogP contribution in [0.5, 0.6) is 0 Å². The summed E-state index contributed by atoms with van der Waals surface area (Å²) in [4.78, 5) is 25.8. The Kier molecular flexibility index (Phi) is 2.24. The van der Waals surface area contributed by atoms with Crippen molar-refractivity contribution in [1.29, 1.82) is 0 Å². The van der Waals surface area contributed by atoms with Crippen LogP contribution in [0, 0.1) is 5.92 Å². The van der Waals surface area contributed by atoms with Gasteiger partial charge >= 0.3 is 0 Å². The maximum absolute atomic E-state index is 12.5. The second kappa shape index (κ2) is 3.57. The second-order valence-corrected chi connectivity index (χ2v) is 5.20. The molecule has 18 heavy (non-hydrogen) atoms. The molecule has 94 valence electrons. The van der Waals surface area contributed by atoms with Gasteiger partial charge in [-0.25, -0.2) is 0 Å². The number of piperidine rings is 2. The van der Waals surface area contributed by atoms with Gasteiger partial charge in [0.15, 0.2) is 0 Å². The highest BCUT2D eigenvalue weighted by molar-refractivity contribution is 6.07. The Morgan fingerprint density at radius 1 is 1.28 bits per heavy atom. The highest BCUT2D eigenvalue weighted by Gasteiger charge is 2.61. The first-order chi connectivity index (χ1) is 8.58. The fourth-order valence-corrected chi connectivity index (χ4v) is 3.17. The predicted octanol–water partition coefficient (Wildman–Crippen LogP) is 1.31. The van der Waals surface area contributed by atoms with E-state index in [1.165, 1.54) is 4.90 Å². The standard InChI is InChI=1S/C14H16N2O2/c1-2-16-12(17)9-7-14(8-9,13(16)18)10-3-5-11(15)6-4-10/h3-6,9H,2,7-8,15H2,1H3. The highest BCUT2D eigenvalue weighted by Crippen LogP contribution is 2.53. The van der Waals surface area contributed by atoms with Gasteiger partial charge in [0.2, 0.25) is 11.8 Å². The molecule has 2 bridgehead atoms. The molecule has 4 nitrogen and oxygen atoms in total. The molecule has 1 aromatic rings. The van der Waals surface area contributed by atoms with E-state index in [4.69, 9.17) is 5.73 Å². The molecular formula is C14H16N2O2. The van der Waals surface area contributed by atoms with Crippen molar-refractivity contribution in [2.75, 3.05) is 12.3 Å². The lowest BCUT2D eigenvalue weighted by atomic mass is 9.55. The molecular weight excluding hydrogens is 228 g/mol. The van der Waals surface area contributed by atoms with Crippen LogP contribution in [0.4, 0.5) is 5.69 Å². The summed E-state index contributed by atoms with van der Waals surface area (Å²) in [6.07, 6.45) is 1.32. The van der Waals surface area contributed by atoms with Crippen molar-refractivity contribution in [3.8, 4) is 0 Å². The number of nitrogens with zero attached hydrogens (tertiary/aromatic N) is 1. The number of carbonyl (C=O) groups is 2. The first kappa shape index (κ1) is 11.3. The number of likely N-dealkylation sites (N-methyl/N-ethyl adjacent to an activating group) is 1. The predicted molar refractivity (Wildman–Crippen MR) is 67.7 cm³/mol. The van der Waals surface area contributed by atoms with E-state index in [2.05, 4.69) is 0 Å². The topological polar surface area (TPSA) is 63.4 Å². The molecule has 0 atom stereocenters. The van der Waals surface area contributed by atoms with Gasteiger partial charge in [-0.3, -0.25) is 14.5 Å². The number of nitrogen functional groups attached to an aromatic ring is 1. The maximum atomic E-state index is 12.5. The van der Waals surface area contributed by atoms with Gasteiger partial charge in [-0.1, -0.05) is 12.1 Å². The van der Waals surface area contributed by atoms with Gasteiger partial charge in [0.1, 0.15) is 0 Å². The Morgan fingerprint density at radius 3 is 2.44 bits per heavy atom. The summed E-state index contributed by atoms with van der Waals surface area (Å²) in [6, 6.07) is 7.45. The van der Waals surface area contributed by atoms with E-state index in [-0.39, 0.29) is 17.7 Å². The van der Waals surface area contributed by atoms with E-state index in [1.54, 1.807) is 0 Å². The number of nitrogens with two attached hydrogens (primary N) is 1. The largest absolute Gasteiger partial charge is 0.399 e. The lowest BCUT2D eigenvalue weighted by molar-refractivity contribution is -0.168. The van der Waals surface area contributed by atoms with E-state index < -0.39 is 5.41 Å². The number of benzene rings is 1. The number of anilines is 1. The minimum Gasteiger partial charge on any atom is -0.399 e. The van der Waals surface area contributed by atoms with Crippen molar-refractivity contribution in [1.82, 2.24) is 4.90 Å². The van der Waals surface area contributed by atoms with Crippen molar-refractivity contribution in [2.45, 2.75) is 25.2 Å². The van der Waals surface area contributed by atoms with Crippen LogP contribution in [0.25, 0.3) is 0 Å². The number of rotatable bonds is 2. The van der Waals surface area contributed by atoms with Crippen LogP contribution in [0.3, 0.4) is 0 Å². The minimum atomic E-state index is -0.470. The maximum Gasteiger partial charge on any atom is 0.239 e. The highest BCUT2D eigenvalue weighted by atomic mass is 16.2. The Balaban J connectivity index is 2.00. The molecule has 0 radical (unpaired) electrons. The van der Waals surface area contributed by atoms with Crippen molar-refractivity contribution >= 4 is 17.5 Å². The van der Waals surface area contributed by atoms with E-state index in [0.29, 0.717) is 25.1 Å². The number of imide groups is 1. The Labute approximate surface area is 106 Å². The second-order valence-electron chi connectivity index (χ2n) is 5.20. The third-order valence-corrected chi connectivity index (χ3v) is 4.24. The smallest absolute Gasteiger partial charge is 0.239 e. The van der Waals surface area contributed by atoms with Crippen molar-refractivity contribution < 1.29 is 9.59 Å². The third kappa shape index (κ3) is 1.26. The lowest BCUT2D eigenvalue weighted by Crippen LogP contribution is -2.65. The molecule has 1 saturated carbocycles. The zero-order chi connectivity index (χ0) is 12.9. The summed E-state index contributed by atoms with van der Waals surface area (Å²) < 4.78 is 0. The molecule has 3 aliphatic rings. The zero-order valence-corrected chi connectivity index (χ0v) is 10.3. The fourth-order valence-electron chi connectivity index (χ4n) is 3.17. The van der Waals surface area contributed by atoms with E-state index in [9.17, 15) is 9.59 Å². The molecule has 2 heterocycles. The van der Waals surface area contributed by atoms with Crippen molar-refractivity contribution in [2.24, 2.45) is 5.92 Å². The summed E-state index contributed by atoms with van der Waals surface area (Å²) in [5.74, 6) is -0.0118. The molecule has 2 aliphatic heterocycles. The van der Waals surface area contributed by atoms with Gasteiger partial charge in [0.25, 0.3) is 0 Å². The molecule has 1 aliphatic carbocycles. The summed E-state index contributed by atoms with van der Waals surface area (Å²) in [5, 5.41) is 0.